The summed E-state index contributed by atoms with van der Waals surface area (Å²) in [6.45, 7) is 3.82. The average molecular weight is 199 g/mol. The first-order chi connectivity index (χ1) is 6.72. The predicted molar refractivity (Wildman–Crippen MR) is 50.7 cm³/mol. The second kappa shape index (κ2) is 3.87. The van der Waals surface area contributed by atoms with Gasteiger partial charge in [-0.3, -0.25) is 9.69 Å². The highest BCUT2D eigenvalue weighted by atomic mass is 16.5. The molecule has 0 saturated carbocycles. The second-order valence-corrected chi connectivity index (χ2v) is 4.11. The molecule has 80 valence electrons. The molecular weight excluding hydrogens is 182 g/mol. The van der Waals surface area contributed by atoms with Gasteiger partial charge in [-0.05, 0) is 32.2 Å². The second-order valence-electron chi connectivity index (χ2n) is 4.11. The molecule has 4 nitrogen and oxygen atoms in total. The number of fused-ring (bicyclic) bond motifs is 3. The van der Waals surface area contributed by atoms with Crippen LogP contribution in [0.2, 0.25) is 0 Å². The van der Waals surface area contributed by atoms with E-state index in [2.05, 4.69) is 0 Å². The third kappa shape index (κ3) is 1.64. The van der Waals surface area contributed by atoms with Gasteiger partial charge in [-0.15, -0.1) is 0 Å². The van der Waals surface area contributed by atoms with Crippen molar-refractivity contribution in [3.8, 4) is 0 Å². The number of piperidine rings is 3. The van der Waals surface area contributed by atoms with Crippen LogP contribution in [-0.2, 0) is 9.53 Å². The first-order valence-electron chi connectivity index (χ1n) is 5.31. The summed E-state index contributed by atoms with van der Waals surface area (Å²) >= 11 is 0. The van der Waals surface area contributed by atoms with Gasteiger partial charge in [-0.25, -0.2) is 0 Å². The van der Waals surface area contributed by atoms with Crippen molar-refractivity contribution in [1.29, 1.82) is 0 Å². The SMILES string of the molecule is CCOC(=O)C1CC2CCN1CC2O. The van der Waals surface area contributed by atoms with Crippen molar-refractivity contribution in [2.45, 2.75) is 31.9 Å². The van der Waals surface area contributed by atoms with Crippen LogP contribution in [-0.4, -0.2) is 47.8 Å². The zero-order chi connectivity index (χ0) is 10.1. The molecule has 0 amide bonds. The molecule has 4 atom stereocenters. The molecule has 3 saturated heterocycles. The van der Waals surface area contributed by atoms with E-state index >= 15 is 0 Å². The molecular formula is C10H17NO3. The van der Waals surface area contributed by atoms with Crippen molar-refractivity contribution in [2.75, 3.05) is 19.7 Å². The van der Waals surface area contributed by atoms with Crippen LogP contribution in [0.1, 0.15) is 19.8 Å². The van der Waals surface area contributed by atoms with Crippen molar-refractivity contribution in [2.24, 2.45) is 5.92 Å². The fourth-order valence-corrected chi connectivity index (χ4v) is 2.48. The van der Waals surface area contributed by atoms with E-state index in [9.17, 15) is 9.90 Å². The summed E-state index contributed by atoms with van der Waals surface area (Å²) < 4.78 is 5.01. The normalized spacial score (nSPS) is 41.0. The van der Waals surface area contributed by atoms with Crippen LogP contribution in [0.5, 0.6) is 0 Å². The smallest absolute Gasteiger partial charge is 0.323 e. The van der Waals surface area contributed by atoms with E-state index in [1.165, 1.54) is 0 Å². The Balaban J connectivity index is 1.99. The fraction of sp³-hybridized carbons (Fsp3) is 0.900. The van der Waals surface area contributed by atoms with Gasteiger partial charge in [0.15, 0.2) is 0 Å². The van der Waals surface area contributed by atoms with Crippen molar-refractivity contribution >= 4 is 5.97 Å². The molecule has 0 aromatic carbocycles. The van der Waals surface area contributed by atoms with Crippen LogP contribution < -0.4 is 0 Å². The third-order valence-electron chi connectivity index (χ3n) is 3.28. The summed E-state index contributed by atoms with van der Waals surface area (Å²) in [6.07, 6.45) is 1.53. The maximum atomic E-state index is 11.5. The summed E-state index contributed by atoms with van der Waals surface area (Å²) in [5, 5.41) is 9.64. The molecule has 0 aromatic rings. The van der Waals surface area contributed by atoms with Crippen molar-refractivity contribution in [3.05, 3.63) is 0 Å². The quantitative estimate of drug-likeness (QED) is 0.636. The Labute approximate surface area is 83.8 Å². The van der Waals surface area contributed by atoms with E-state index in [1.807, 2.05) is 11.8 Å². The summed E-state index contributed by atoms with van der Waals surface area (Å²) in [4.78, 5) is 13.6. The number of rotatable bonds is 2. The van der Waals surface area contributed by atoms with Crippen LogP contribution in [0.4, 0.5) is 0 Å². The molecule has 1 N–H and O–H groups in total. The Morgan fingerprint density at radius 1 is 1.64 bits per heavy atom. The highest BCUT2D eigenvalue weighted by Crippen LogP contribution is 2.32. The number of carbonyl (C=O) groups excluding carboxylic acids is 1. The zero-order valence-electron chi connectivity index (χ0n) is 8.48. The first kappa shape index (κ1) is 9.93. The highest BCUT2D eigenvalue weighted by molar-refractivity contribution is 5.76. The molecule has 2 bridgehead atoms. The van der Waals surface area contributed by atoms with Gasteiger partial charge in [0.2, 0.25) is 0 Å². The Kier molecular flexibility index (Phi) is 2.74. The van der Waals surface area contributed by atoms with Crippen molar-refractivity contribution in [3.63, 3.8) is 0 Å². The van der Waals surface area contributed by atoms with Gasteiger partial charge in [-0.2, -0.15) is 0 Å². The lowest BCUT2D eigenvalue weighted by Gasteiger charge is -2.46. The van der Waals surface area contributed by atoms with Crippen molar-refractivity contribution < 1.29 is 14.6 Å². The van der Waals surface area contributed by atoms with Gasteiger partial charge >= 0.3 is 5.97 Å². The Morgan fingerprint density at radius 2 is 2.43 bits per heavy atom. The van der Waals surface area contributed by atoms with Crippen molar-refractivity contribution in [1.82, 2.24) is 4.90 Å². The van der Waals surface area contributed by atoms with Gasteiger partial charge < -0.3 is 9.84 Å². The molecule has 4 heteroatoms. The molecule has 3 heterocycles. The van der Waals surface area contributed by atoms with E-state index in [4.69, 9.17) is 4.74 Å². The van der Waals surface area contributed by atoms with Gasteiger partial charge in [0.05, 0.1) is 12.7 Å². The molecule has 4 unspecified atom stereocenters. The number of aliphatic hydroxyl groups is 1. The van der Waals surface area contributed by atoms with E-state index < -0.39 is 0 Å². The standard InChI is InChI=1S/C10H17NO3/c1-2-14-10(13)8-5-7-3-4-11(8)6-9(7)12/h7-9,12H,2-6H2,1H3. The number of nitrogens with zero attached hydrogens (tertiary/aromatic N) is 1. The minimum Gasteiger partial charge on any atom is -0.465 e. The maximum Gasteiger partial charge on any atom is 0.323 e. The molecule has 0 spiro atoms. The number of hydrogen-bond acceptors (Lipinski definition) is 4. The number of esters is 1. The number of aliphatic hydroxyl groups excluding tert-OH is 1. The van der Waals surface area contributed by atoms with Gasteiger partial charge in [0.1, 0.15) is 6.04 Å². The summed E-state index contributed by atoms with van der Waals surface area (Å²) in [5.41, 5.74) is 0. The molecule has 3 fully saturated rings. The zero-order valence-corrected chi connectivity index (χ0v) is 8.48. The number of hydrogen-bond donors (Lipinski definition) is 1. The minimum atomic E-state index is -0.241. The Hall–Kier alpha value is -0.610. The van der Waals surface area contributed by atoms with E-state index in [0.717, 1.165) is 19.4 Å². The molecule has 0 aromatic heterocycles. The van der Waals surface area contributed by atoms with Crippen LogP contribution in [0, 0.1) is 5.92 Å². The lowest BCUT2D eigenvalue weighted by atomic mass is 9.81. The number of carbonyl (C=O) groups is 1. The number of ether oxygens (including phenoxy) is 1. The summed E-state index contributed by atoms with van der Waals surface area (Å²) in [6, 6.07) is -0.0999. The lowest BCUT2D eigenvalue weighted by molar-refractivity contribution is -0.158. The molecule has 14 heavy (non-hydrogen) atoms. The molecule has 3 rings (SSSR count). The molecule has 3 aliphatic heterocycles. The Morgan fingerprint density at radius 3 is 2.93 bits per heavy atom. The van der Waals surface area contributed by atoms with Gasteiger partial charge in [-0.1, -0.05) is 0 Å². The molecule has 0 aliphatic carbocycles. The maximum absolute atomic E-state index is 11.5. The van der Waals surface area contributed by atoms with Gasteiger partial charge in [0, 0.05) is 6.54 Å². The average Bonchev–Trinajstić information content (AvgIpc) is 2.18. The van der Waals surface area contributed by atoms with E-state index in [0.29, 0.717) is 19.1 Å². The van der Waals surface area contributed by atoms with Crippen LogP contribution in [0.25, 0.3) is 0 Å². The topological polar surface area (TPSA) is 49.8 Å². The summed E-state index contributed by atoms with van der Waals surface area (Å²) in [7, 11) is 0. The lowest BCUT2D eigenvalue weighted by Crippen LogP contribution is -2.58. The third-order valence-corrected chi connectivity index (χ3v) is 3.28. The van der Waals surface area contributed by atoms with E-state index in [1.54, 1.807) is 0 Å². The Bertz CT molecular complexity index is 231. The van der Waals surface area contributed by atoms with Crippen LogP contribution >= 0.6 is 0 Å². The largest absolute Gasteiger partial charge is 0.465 e. The van der Waals surface area contributed by atoms with Gasteiger partial charge in [0.25, 0.3) is 0 Å². The summed E-state index contributed by atoms with van der Waals surface area (Å²) in [5.74, 6) is 0.179. The molecule has 0 radical (unpaired) electrons. The predicted octanol–water partition coefficient (Wildman–Crippen LogP) is 0.00460. The van der Waals surface area contributed by atoms with Crippen LogP contribution in [0.3, 0.4) is 0 Å². The van der Waals surface area contributed by atoms with E-state index in [-0.39, 0.29) is 18.1 Å². The minimum absolute atomic E-state index is 0.0999. The van der Waals surface area contributed by atoms with Crippen LogP contribution in [0.15, 0.2) is 0 Å². The first-order valence-corrected chi connectivity index (χ1v) is 5.31. The molecule has 3 aliphatic rings. The monoisotopic (exact) mass is 199 g/mol. The fourth-order valence-electron chi connectivity index (χ4n) is 2.48. The highest BCUT2D eigenvalue weighted by Gasteiger charge is 2.42.